The third-order valence-electron chi connectivity index (χ3n) is 7.12. The van der Waals surface area contributed by atoms with Crippen LogP contribution < -0.4 is 5.73 Å². The summed E-state index contributed by atoms with van der Waals surface area (Å²) in [6.45, 7) is 0.618. The SMILES string of the molecule is NCCCC1(c2cccc(C(F)(F)F)c2)C2CC3CC(C2)CC1C3. The quantitative estimate of drug-likeness (QED) is 0.809. The maximum absolute atomic E-state index is 13.3. The highest BCUT2D eigenvalue weighted by Gasteiger charge is 2.57. The minimum atomic E-state index is -4.27. The third-order valence-corrected chi connectivity index (χ3v) is 7.12. The Hall–Kier alpha value is -1.03. The zero-order valence-electron chi connectivity index (χ0n) is 14.0. The molecule has 1 aromatic carbocycles. The van der Waals surface area contributed by atoms with Gasteiger partial charge in [0.1, 0.15) is 0 Å². The molecule has 0 saturated heterocycles. The molecule has 1 aromatic rings. The van der Waals surface area contributed by atoms with Crippen molar-refractivity contribution in [2.75, 3.05) is 6.54 Å². The van der Waals surface area contributed by atoms with E-state index in [0.29, 0.717) is 18.4 Å². The topological polar surface area (TPSA) is 26.0 Å². The highest BCUT2D eigenvalue weighted by molar-refractivity contribution is 5.35. The van der Waals surface area contributed by atoms with E-state index >= 15 is 0 Å². The van der Waals surface area contributed by atoms with E-state index in [1.807, 2.05) is 6.07 Å². The summed E-state index contributed by atoms with van der Waals surface area (Å²) in [5, 5.41) is 0. The molecular weight excluding hydrogens is 311 g/mol. The lowest BCUT2D eigenvalue weighted by Gasteiger charge is -2.62. The fraction of sp³-hybridized carbons (Fsp3) is 0.700. The second kappa shape index (κ2) is 5.76. The molecule has 0 aliphatic heterocycles. The number of rotatable bonds is 4. The molecule has 132 valence electrons. The smallest absolute Gasteiger partial charge is 0.330 e. The summed E-state index contributed by atoms with van der Waals surface area (Å²) < 4.78 is 39.8. The van der Waals surface area contributed by atoms with Gasteiger partial charge in [-0.15, -0.1) is 0 Å². The Morgan fingerprint density at radius 3 is 2.17 bits per heavy atom. The summed E-state index contributed by atoms with van der Waals surface area (Å²) in [6.07, 6.45) is 3.74. The van der Waals surface area contributed by atoms with Crippen LogP contribution >= 0.6 is 0 Å². The molecule has 2 N–H and O–H groups in total. The predicted molar refractivity (Wildman–Crippen MR) is 88.5 cm³/mol. The van der Waals surface area contributed by atoms with Gasteiger partial charge < -0.3 is 5.73 Å². The highest BCUT2D eigenvalue weighted by Crippen LogP contribution is 2.64. The monoisotopic (exact) mass is 337 g/mol. The number of hydrogen-bond acceptors (Lipinski definition) is 1. The van der Waals surface area contributed by atoms with Crippen molar-refractivity contribution in [2.24, 2.45) is 29.4 Å². The third kappa shape index (κ3) is 2.49. The van der Waals surface area contributed by atoms with Crippen molar-refractivity contribution in [2.45, 2.75) is 56.5 Å². The number of nitrogens with two attached hydrogens (primary N) is 1. The Morgan fingerprint density at radius 1 is 1.00 bits per heavy atom. The van der Waals surface area contributed by atoms with Crippen molar-refractivity contribution in [3.05, 3.63) is 35.4 Å². The molecule has 0 amide bonds. The molecule has 0 spiro atoms. The van der Waals surface area contributed by atoms with Crippen LogP contribution in [0.1, 0.15) is 56.1 Å². The molecule has 0 atom stereocenters. The van der Waals surface area contributed by atoms with Crippen molar-refractivity contribution < 1.29 is 13.2 Å². The molecule has 4 aliphatic rings. The zero-order valence-corrected chi connectivity index (χ0v) is 14.0. The van der Waals surface area contributed by atoms with Gasteiger partial charge in [0.25, 0.3) is 0 Å². The van der Waals surface area contributed by atoms with Crippen LogP contribution in [-0.4, -0.2) is 6.54 Å². The highest BCUT2D eigenvalue weighted by atomic mass is 19.4. The van der Waals surface area contributed by atoms with Crippen molar-refractivity contribution >= 4 is 0 Å². The van der Waals surface area contributed by atoms with Crippen LogP contribution in [-0.2, 0) is 11.6 Å². The van der Waals surface area contributed by atoms with E-state index in [2.05, 4.69) is 0 Å². The zero-order chi connectivity index (χ0) is 16.9. The van der Waals surface area contributed by atoms with Crippen molar-refractivity contribution in [1.29, 1.82) is 0 Å². The van der Waals surface area contributed by atoms with Gasteiger partial charge in [0.05, 0.1) is 5.56 Å². The Bertz CT molecular complexity index is 579. The molecule has 0 heterocycles. The van der Waals surface area contributed by atoms with Crippen LogP contribution in [0, 0.1) is 23.7 Å². The first-order valence-corrected chi connectivity index (χ1v) is 9.31. The average Bonchev–Trinajstić information content (AvgIpc) is 2.53. The standard InChI is InChI=1S/C20H26F3N/c21-20(22,23)16-4-1-3-15(12-16)19(5-2-6-24)17-8-13-7-14(10-17)11-18(19)9-13/h1,3-4,12-14,17-18H,2,5-11,24H2. The first kappa shape index (κ1) is 16.4. The van der Waals surface area contributed by atoms with E-state index < -0.39 is 11.7 Å². The molecular formula is C20H26F3N. The normalized spacial score (nSPS) is 37.8. The summed E-state index contributed by atoms with van der Waals surface area (Å²) in [6, 6.07) is 6.20. The molecule has 5 rings (SSSR count). The summed E-state index contributed by atoms with van der Waals surface area (Å²) in [5.41, 5.74) is 6.14. The molecule has 24 heavy (non-hydrogen) atoms. The molecule has 4 heteroatoms. The maximum Gasteiger partial charge on any atom is 0.416 e. The molecule has 0 aromatic heterocycles. The summed E-state index contributed by atoms with van der Waals surface area (Å²) >= 11 is 0. The van der Waals surface area contributed by atoms with Gasteiger partial charge in [-0.3, -0.25) is 0 Å². The van der Waals surface area contributed by atoms with Crippen LogP contribution in [0.15, 0.2) is 24.3 Å². The molecule has 4 bridgehead atoms. The van der Waals surface area contributed by atoms with Gasteiger partial charge in [0.15, 0.2) is 0 Å². The molecule has 4 fully saturated rings. The molecule has 4 aliphatic carbocycles. The molecule has 4 saturated carbocycles. The Morgan fingerprint density at radius 2 is 1.62 bits per heavy atom. The number of alkyl halides is 3. The van der Waals surface area contributed by atoms with Crippen LogP contribution in [0.2, 0.25) is 0 Å². The first-order chi connectivity index (χ1) is 11.4. The largest absolute Gasteiger partial charge is 0.416 e. The lowest BCUT2D eigenvalue weighted by molar-refractivity contribution is -0.137. The lowest BCUT2D eigenvalue weighted by atomic mass is 9.43. The van der Waals surface area contributed by atoms with E-state index in [-0.39, 0.29) is 5.41 Å². The van der Waals surface area contributed by atoms with E-state index in [1.54, 1.807) is 6.07 Å². The van der Waals surface area contributed by atoms with Gasteiger partial charge in [0.2, 0.25) is 0 Å². The van der Waals surface area contributed by atoms with Crippen molar-refractivity contribution in [3.63, 3.8) is 0 Å². The maximum atomic E-state index is 13.3. The van der Waals surface area contributed by atoms with E-state index in [0.717, 1.165) is 30.2 Å². The second-order valence-electron chi connectivity index (χ2n) is 8.32. The average molecular weight is 337 g/mol. The summed E-state index contributed by atoms with van der Waals surface area (Å²) in [4.78, 5) is 0. The van der Waals surface area contributed by atoms with E-state index in [9.17, 15) is 13.2 Å². The van der Waals surface area contributed by atoms with Crippen LogP contribution in [0.25, 0.3) is 0 Å². The molecule has 1 nitrogen and oxygen atoms in total. The van der Waals surface area contributed by atoms with Crippen molar-refractivity contribution in [1.82, 2.24) is 0 Å². The fourth-order valence-electron chi connectivity index (χ4n) is 6.43. The second-order valence-corrected chi connectivity index (χ2v) is 8.32. The molecule has 0 radical (unpaired) electrons. The van der Waals surface area contributed by atoms with Crippen LogP contribution in [0.4, 0.5) is 13.2 Å². The van der Waals surface area contributed by atoms with Gasteiger partial charge in [-0.25, -0.2) is 0 Å². The van der Waals surface area contributed by atoms with Gasteiger partial charge in [-0.05, 0) is 86.8 Å². The van der Waals surface area contributed by atoms with Gasteiger partial charge in [0, 0.05) is 5.41 Å². The van der Waals surface area contributed by atoms with E-state index in [1.165, 1.54) is 44.2 Å². The van der Waals surface area contributed by atoms with Gasteiger partial charge in [-0.2, -0.15) is 13.2 Å². The summed E-state index contributed by atoms with van der Waals surface area (Å²) in [5.74, 6) is 2.71. The van der Waals surface area contributed by atoms with Crippen LogP contribution in [0.3, 0.4) is 0 Å². The van der Waals surface area contributed by atoms with E-state index in [4.69, 9.17) is 5.73 Å². The minimum Gasteiger partial charge on any atom is -0.330 e. The predicted octanol–water partition coefficient (Wildman–Crippen LogP) is 5.14. The first-order valence-electron chi connectivity index (χ1n) is 9.31. The number of benzene rings is 1. The Balaban J connectivity index is 1.78. The van der Waals surface area contributed by atoms with Gasteiger partial charge in [-0.1, -0.05) is 18.2 Å². The lowest BCUT2D eigenvalue weighted by Crippen LogP contribution is -2.55. The van der Waals surface area contributed by atoms with Gasteiger partial charge >= 0.3 is 6.18 Å². The van der Waals surface area contributed by atoms with Crippen LogP contribution in [0.5, 0.6) is 0 Å². The Labute approximate surface area is 141 Å². The fourth-order valence-corrected chi connectivity index (χ4v) is 6.43. The Kier molecular flexibility index (Phi) is 3.94. The molecule has 0 unspecified atom stereocenters. The summed E-state index contributed by atoms with van der Waals surface area (Å²) in [7, 11) is 0. The minimum absolute atomic E-state index is 0.0753. The number of halogens is 3. The van der Waals surface area contributed by atoms with Crippen molar-refractivity contribution in [3.8, 4) is 0 Å². The number of hydrogen-bond donors (Lipinski definition) is 1.